The lowest BCUT2D eigenvalue weighted by Gasteiger charge is -2.26. The van der Waals surface area contributed by atoms with E-state index in [1.807, 2.05) is 18.2 Å². The monoisotopic (exact) mass is 462 g/mol. The minimum absolute atomic E-state index is 1.08. The van der Waals surface area contributed by atoms with Gasteiger partial charge in [-0.15, -0.1) is 0 Å². The van der Waals surface area contributed by atoms with Crippen LogP contribution in [0.1, 0.15) is 0 Å². The van der Waals surface area contributed by atoms with Crippen molar-refractivity contribution in [1.29, 1.82) is 0 Å². The van der Waals surface area contributed by atoms with Crippen molar-refractivity contribution in [3.63, 3.8) is 0 Å². The van der Waals surface area contributed by atoms with E-state index in [-0.39, 0.29) is 0 Å². The van der Waals surface area contributed by atoms with Crippen LogP contribution in [0.5, 0.6) is 0 Å². The van der Waals surface area contributed by atoms with Gasteiger partial charge in [-0.1, -0.05) is 91.0 Å². The zero-order chi connectivity index (χ0) is 24.2. The summed E-state index contributed by atoms with van der Waals surface area (Å²) in [7, 11) is 0. The third kappa shape index (κ3) is 4.57. The van der Waals surface area contributed by atoms with Crippen LogP contribution in [0.2, 0.25) is 0 Å². The van der Waals surface area contributed by atoms with Crippen LogP contribution in [0.25, 0.3) is 21.9 Å². The molecule has 0 unspecified atom stereocenters. The number of hydrogen-bond acceptors (Lipinski definition) is 2. The summed E-state index contributed by atoms with van der Waals surface area (Å²) >= 11 is 0. The predicted molar refractivity (Wildman–Crippen MR) is 154 cm³/mol. The number of hydrogen-bond donors (Lipinski definition) is 1. The van der Waals surface area contributed by atoms with Crippen LogP contribution in [0.3, 0.4) is 0 Å². The molecule has 0 radical (unpaired) electrons. The Kier molecular flexibility index (Phi) is 5.91. The van der Waals surface area contributed by atoms with Crippen molar-refractivity contribution < 1.29 is 0 Å². The molecule has 1 N–H and O–H groups in total. The van der Waals surface area contributed by atoms with Gasteiger partial charge < -0.3 is 10.2 Å². The fourth-order valence-corrected chi connectivity index (χ4v) is 4.58. The summed E-state index contributed by atoms with van der Waals surface area (Å²) in [5, 5.41) is 5.93. The highest BCUT2D eigenvalue weighted by molar-refractivity contribution is 5.89. The lowest BCUT2D eigenvalue weighted by atomic mass is 10.0. The van der Waals surface area contributed by atoms with E-state index in [4.69, 9.17) is 0 Å². The summed E-state index contributed by atoms with van der Waals surface area (Å²) in [5.41, 5.74) is 7.95. The highest BCUT2D eigenvalue weighted by Gasteiger charge is 2.13. The first-order valence-electron chi connectivity index (χ1n) is 12.2. The Morgan fingerprint density at radius 2 is 0.861 bits per heavy atom. The fraction of sp³-hybridized carbons (Fsp3) is 0. The standard InChI is InChI=1S/C34H26N2/c1-3-11-30(12-4-1)35-31-20-15-27(16-21-31)28-17-22-33(23-18-28)36(32-13-5-2-6-14-32)34-24-19-26-9-7-8-10-29(26)25-34/h1-25,35H. The van der Waals surface area contributed by atoms with Crippen LogP contribution in [0, 0.1) is 0 Å². The second kappa shape index (κ2) is 9.81. The van der Waals surface area contributed by atoms with Crippen molar-refractivity contribution in [2.45, 2.75) is 0 Å². The van der Waals surface area contributed by atoms with E-state index in [1.165, 1.54) is 21.9 Å². The number of rotatable bonds is 6. The third-order valence-corrected chi connectivity index (χ3v) is 6.41. The zero-order valence-electron chi connectivity index (χ0n) is 19.9. The van der Waals surface area contributed by atoms with Crippen molar-refractivity contribution in [1.82, 2.24) is 0 Å². The lowest BCUT2D eigenvalue weighted by Crippen LogP contribution is -2.09. The Morgan fingerprint density at radius 1 is 0.361 bits per heavy atom. The molecule has 0 aliphatic heterocycles. The first-order chi connectivity index (χ1) is 17.8. The van der Waals surface area contributed by atoms with Crippen LogP contribution in [0.15, 0.2) is 152 Å². The zero-order valence-corrected chi connectivity index (χ0v) is 19.9. The molecule has 0 aliphatic rings. The number of nitrogens with zero attached hydrogens (tertiary/aromatic N) is 1. The largest absolute Gasteiger partial charge is 0.356 e. The molecule has 0 fully saturated rings. The van der Waals surface area contributed by atoms with Crippen LogP contribution in [-0.4, -0.2) is 0 Å². The van der Waals surface area contributed by atoms with Crippen LogP contribution < -0.4 is 10.2 Å². The molecule has 0 heterocycles. The first-order valence-corrected chi connectivity index (χ1v) is 12.2. The van der Waals surface area contributed by atoms with Gasteiger partial charge >= 0.3 is 0 Å². The molecule has 0 atom stereocenters. The molecule has 172 valence electrons. The Hall–Kier alpha value is -4.82. The molecule has 0 saturated carbocycles. The highest BCUT2D eigenvalue weighted by atomic mass is 15.1. The number of fused-ring (bicyclic) bond motifs is 1. The maximum atomic E-state index is 3.45. The number of benzene rings is 6. The molecule has 0 bridgehead atoms. The smallest absolute Gasteiger partial charge is 0.0468 e. The van der Waals surface area contributed by atoms with E-state index < -0.39 is 0 Å². The van der Waals surface area contributed by atoms with Gasteiger partial charge in [0, 0.05) is 28.4 Å². The highest BCUT2D eigenvalue weighted by Crippen LogP contribution is 2.37. The molecule has 0 aliphatic carbocycles. The summed E-state index contributed by atoms with van der Waals surface area (Å²) in [6.45, 7) is 0. The van der Waals surface area contributed by atoms with Crippen molar-refractivity contribution >= 4 is 39.2 Å². The molecule has 6 aromatic carbocycles. The number of para-hydroxylation sites is 2. The molecule has 2 nitrogen and oxygen atoms in total. The van der Waals surface area contributed by atoms with Crippen LogP contribution in [0.4, 0.5) is 28.4 Å². The van der Waals surface area contributed by atoms with E-state index in [2.05, 4.69) is 144 Å². The van der Waals surface area contributed by atoms with Gasteiger partial charge in [0.2, 0.25) is 0 Å². The molecule has 36 heavy (non-hydrogen) atoms. The van der Waals surface area contributed by atoms with E-state index in [0.29, 0.717) is 0 Å². The molecular formula is C34H26N2. The Balaban J connectivity index is 1.30. The number of anilines is 5. The molecule has 0 amide bonds. The Morgan fingerprint density at radius 3 is 1.56 bits per heavy atom. The minimum Gasteiger partial charge on any atom is -0.356 e. The number of nitrogens with one attached hydrogen (secondary N) is 1. The van der Waals surface area contributed by atoms with E-state index in [1.54, 1.807) is 0 Å². The Bertz CT molecular complexity index is 1570. The van der Waals surface area contributed by atoms with Crippen molar-refractivity contribution in [3.8, 4) is 11.1 Å². The molecular weight excluding hydrogens is 436 g/mol. The van der Waals surface area contributed by atoms with E-state index >= 15 is 0 Å². The van der Waals surface area contributed by atoms with Gasteiger partial charge in [0.25, 0.3) is 0 Å². The van der Waals surface area contributed by atoms with Crippen LogP contribution in [-0.2, 0) is 0 Å². The van der Waals surface area contributed by atoms with Crippen molar-refractivity contribution in [3.05, 3.63) is 152 Å². The van der Waals surface area contributed by atoms with E-state index in [9.17, 15) is 0 Å². The second-order valence-electron chi connectivity index (χ2n) is 8.82. The quantitative estimate of drug-likeness (QED) is 0.265. The summed E-state index contributed by atoms with van der Waals surface area (Å²) in [5.74, 6) is 0. The van der Waals surface area contributed by atoms with Crippen molar-refractivity contribution in [2.75, 3.05) is 10.2 Å². The topological polar surface area (TPSA) is 15.3 Å². The molecule has 2 heteroatoms. The maximum Gasteiger partial charge on any atom is 0.0468 e. The van der Waals surface area contributed by atoms with Crippen molar-refractivity contribution in [2.24, 2.45) is 0 Å². The van der Waals surface area contributed by atoms with Gasteiger partial charge in [-0.3, -0.25) is 0 Å². The molecule has 0 aromatic heterocycles. The molecule has 0 spiro atoms. The van der Waals surface area contributed by atoms with Gasteiger partial charge in [0.05, 0.1) is 0 Å². The third-order valence-electron chi connectivity index (χ3n) is 6.41. The average molecular weight is 463 g/mol. The van der Waals surface area contributed by atoms with Crippen LogP contribution >= 0.6 is 0 Å². The average Bonchev–Trinajstić information content (AvgIpc) is 2.95. The minimum atomic E-state index is 1.08. The summed E-state index contributed by atoms with van der Waals surface area (Å²) in [6.07, 6.45) is 0. The van der Waals surface area contributed by atoms with E-state index in [0.717, 1.165) is 28.4 Å². The Labute approximate surface area is 212 Å². The second-order valence-corrected chi connectivity index (χ2v) is 8.82. The molecule has 6 aromatic rings. The van der Waals surface area contributed by atoms with Gasteiger partial charge in [-0.2, -0.15) is 0 Å². The molecule has 6 rings (SSSR count). The summed E-state index contributed by atoms with van der Waals surface area (Å²) in [4.78, 5) is 2.31. The maximum absolute atomic E-state index is 3.45. The SMILES string of the molecule is c1ccc(Nc2ccc(-c3ccc(N(c4ccccc4)c4ccc5ccccc5c4)cc3)cc2)cc1. The summed E-state index contributed by atoms with van der Waals surface area (Å²) in [6, 6.07) is 53.3. The fourth-order valence-electron chi connectivity index (χ4n) is 4.58. The van der Waals surface area contributed by atoms with Gasteiger partial charge in [-0.05, 0) is 82.6 Å². The normalized spacial score (nSPS) is 10.8. The first kappa shape index (κ1) is 21.7. The molecule has 0 saturated heterocycles. The van der Waals surface area contributed by atoms with Gasteiger partial charge in [-0.25, -0.2) is 0 Å². The lowest BCUT2D eigenvalue weighted by molar-refractivity contribution is 1.29. The van der Waals surface area contributed by atoms with Gasteiger partial charge in [0.1, 0.15) is 0 Å². The van der Waals surface area contributed by atoms with Gasteiger partial charge in [0.15, 0.2) is 0 Å². The predicted octanol–water partition coefficient (Wildman–Crippen LogP) is 9.72. The summed E-state index contributed by atoms with van der Waals surface area (Å²) < 4.78 is 0.